The van der Waals surface area contributed by atoms with Gasteiger partial charge in [-0.1, -0.05) is 102 Å². The molecule has 0 fully saturated rings. The van der Waals surface area contributed by atoms with Crippen molar-refractivity contribution in [2.45, 2.75) is 104 Å². The lowest BCUT2D eigenvalue weighted by Gasteiger charge is -2.30. The molecule has 0 heterocycles. The Morgan fingerprint density at radius 3 is 1.45 bits per heavy atom. The van der Waals surface area contributed by atoms with E-state index in [2.05, 4.69) is 26.5 Å². The summed E-state index contributed by atoms with van der Waals surface area (Å²) in [6.07, 6.45) is 11.4. The molecule has 130 valence electrons. The Hall–Kier alpha value is -0.573. The molecule has 1 N–H and O–H groups in total. The maximum Gasteiger partial charge on any atom is 0.330 e. The van der Waals surface area contributed by atoms with Gasteiger partial charge in [-0.25, -0.2) is 4.79 Å². The lowest BCUT2D eigenvalue weighted by Crippen LogP contribution is -2.33. The van der Waals surface area contributed by atoms with Crippen LogP contribution in [0, 0.1) is 0 Å². The molecule has 0 aliphatic heterocycles. The highest BCUT2D eigenvalue weighted by atomic mass is 28.3. The summed E-state index contributed by atoms with van der Waals surface area (Å²) in [7, 11) is -1.58. The molecular weight excluding hydrogens is 288 g/mol. The van der Waals surface area contributed by atoms with E-state index in [9.17, 15) is 9.90 Å². The van der Waals surface area contributed by atoms with Gasteiger partial charge in [-0.3, -0.25) is 0 Å². The molecule has 0 aromatic rings. The Labute approximate surface area is 139 Å². The summed E-state index contributed by atoms with van der Waals surface area (Å²) in [6, 6.07) is 3.87. The van der Waals surface area contributed by atoms with E-state index < -0.39 is 14.0 Å². The second kappa shape index (κ2) is 12.9. The van der Waals surface area contributed by atoms with E-state index in [0.717, 1.165) is 0 Å². The van der Waals surface area contributed by atoms with Gasteiger partial charge in [0.2, 0.25) is 0 Å². The molecule has 3 heteroatoms. The first-order valence-corrected chi connectivity index (χ1v) is 12.1. The number of carbonyl (C=O) groups is 1. The predicted octanol–water partition coefficient (Wildman–Crippen LogP) is 6.58. The number of hydrogen-bond acceptors (Lipinski definition) is 1. The summed E-state index contributed by atoms with van der Waals surface area (Å²) >= 11 is 0. The van der Waals surface area contributed by atoms with Crippen LogP contribution in [-0.4, -0.2) is 19.1 Å². The Kier molecular flexibility index (Phi) is 12.6. The Balaban J connectivity index is 5.08. The normalized spacial score (nSPS) is 12.6. The van der Waals surface area contributed by atoms with E-state index in [-0.39, 0.29) is 0 Å². The molecule has 0 aromatic carbocycles. The van der Waals surface area contributed by atoms with E-state index in [4.69, 9.17) is 0 Å². The SMILES string of the molecule is CCCCC[Si](/C=C(\C)C(=O)O)(CCCCC)CCCCC. The third-order valence-electron chi connectivity index (χ3n) is 4.69. The number of aliphatic carboxylic acids is 1. The van der Waals surface area contributed by atoms with E-state index >= 15 is 0 Å². The molecule has 0 aromatic heterocycles. The molecule has 0 rings (SSSR count). The second-order valence-electron chi connectivity index (χ2n) is 6.87. The third-order valence-corrected chi connectivity index (χ3v) is 9.79. The van der Waals surface area contributed by atoms with Crippen molar-refractivity contribution in [1.82, 2.24) is 0 Å². The van der Waals surface area contributed by atoms with Crippen molar-refractivity contribution in [3.05, 3.63) is 11.3 Å². The van der Waals surface area contributed by atoms with Crippen LogP contribution >= 0.6 is 0 Å². The molecule has 22 heavy (non-hydrogen) atoms. The highest BCUT2D eigenvalue weighted by Crippen LogP contribution is 2.31. The van der Waals surface area contributed by atoms with Crippen LogP contribution in [0.2, 0.25) is 18.1 Å². The maximum absolute atomic E-state index is 11.3. The molecule has 0 saturated heterocycles. The molecule has 0 radical (unpaired) electrons. The summed E-state index contributed by atoms with van der Waals surface area (Å²) in [5.41, 5.74) is 2.84. The van der Waals surface area contributed by atoms with E-state index in [0.29, 0.717) is 5.57 Å². The largest absolute Gasteiger partial charge is 0.478 e. The molecule has 0 bridgehead atoms. The van der Waals surface area contributed by atoms with Gasteiger partial charge in [0.15, 0.2) is 0 Å². The van der Waals surface area contributed by atoms with Crippen molar-refractivity contribution in [3.63, 3.8) is 0 Å². The van der Waals surface area contributed by atoms with Crippen molar-refractivity contribution in [1.29, 1.82) is 0 Å². The topological polar surface area (TPSA) is 37.3 Å². The van der Waals surface area contributed by atoms with Crippen molar-refractivity contribution in [2.24, 2.45) is 0 Å². The van der Waals surface area contributed by atoms with Gasteiger partial charge in [0.05, 0.1) is 8.07 Å². The first-order valence-electron chi connectivity index (χ1n) is 9.44. The van der Waals surface area contributed by atoms with Crippen LogP contribution in [0.25, 0.3) is 0 Å². The quantitative estimate of drug-likeness (QED) is 0.222. The fraction of sp³-hybridized carbons (Fsp3) is 0.842. The minimum absolute atomic E-state index is 0.594. The average molecular weight is 327 g/mol. The molecule has 0 spiro atoms. The smallest absolute Gasteiger partial charge is 0.330 e. The lowest BCUT2D eigenvalue weighted by atomic mass is 10.3. The molecule has 0 aliphatic rings. The maximum atomic E-state index is 11.3. The van der Waals surface area contributed by atoms with Crippen LogP contribution in [0.4, 0.5) is 0 Å². The molecule has 0 amide bonds. The molecule has 0 saturated carbocycles. The van der Waals surface area contributed by atoms with Gasteiger partial charge < -0.3 is 5.11 Å². The van der Waals surface area contributed by atoms with Crippen molar-refractivity contribution in [3.8, 4) is 0 Å². The van der Waals surface area contributed by atoms with Gasteiger partial charge in [-0.2, -0.15) is 0 Å². The third kappa shape index (κ3) is 9.45. The highest BCUT2D eigenvalue weighted by Gasteiger charge is 2.29. The van der Waals surface area contributed by atoms with Gasteiger partial charge in [-0.05, 0) is 6.92 Å². The van der Waals surface area contributed by atoms with Gasteiger partial charge in [-0.15, -0.1) is 0 Å². The van der Waals surface area contributed by atoms with Crippen LogP contribution in [-0.2, 0) is 4.79 Å². The summed E-state index contributed by atoms with van der Waals surface area (Å²) < 4.78 is 0. The molecular formula is C19H38O2Si. The fourth-order valence-electron chi connectivity index (χ4n) is 3.29. The first-order chi connectivity index (χ1) is 10.5. The zero-order valence-corrected chi connectivity index (χ0v) is 16.4. The van der Waals surface area contributed by atoms with E-state index in [1.165, 1.54) is 75.9 Å². The number of unbranched alkanes of at least 4 members (excludes halogenated alkanes) is 6. The summed E-state index contributed by atoms with van der Waals surface area (Å²) in [5, 5.41) is 9.31. The van der Waals surface area contributed by atoms with E-state index in [1.54, 1.807) is 6.92 Å². The Morgan fingerprint density at radius 1 is 0.818 bits per heavy atom. The number of carboxylic acid groups (broad SMARTS) is 1. The monoisotopic (exact) mass is 326 g/mol. The molecule has 2 nitrogen and oxygen atoms in total. The van der Waals surface area contributed by atoms with Crippen molar-refractivity contribution in [2.75, 3.05) is 0 Å². The standard InChI is InChI=1S/C19H38O2Si/c1-5-8-11-14-22(15-12-9-6-2,16-13-10-7-3)17-18(4)19(20)21/h17H,5-16H2,1-4H3,(H,20,21)/b18-17+. The van der Waals surface area contributed by atoms with Gasteiger partial charge in [0.25, 0.3) is 0 Å². The van der Waals surface area contributed by atoms with Crippen LogP contribution in [0.5, 0.6) is 0 Å². The number of rotatable bonds is 14. The fourth-order valence-corrected chi connectivity index (χ4v) is 8.38. The van der Waals surface area contributed by atoms with Crippen LogP contribution in [0.1, 0.15) is 85.5 Å². The first kappa shape index (κ1) is 21.4. The number of hydrogen-bond donors (Lipinski definition) is 1. The van der Waals surface area contributed by atoms with Crippen LogP contribution < -0.4 is 0 Å². The summed E-state index contributed by atoms with van der Waals surface area (Å²) in [6.45, 7) is 8.53. The highest BCUT2D eigenvalue weighted by molar-refractivity contribution is 6.84. The predicted molar refractivity (Wildman–Crippen MR) is 100 cm³/mol. The van der Waals surface area contributed by atoms with Crippen LogP contribution in [0.3, 0.4) is 0 Å². The zero-order valence-electron chi connectivity index (χ0n) is 15.4. The van der Waals surface area contributed by atoms with Crippen molar-refractivity contribution < 1.29 is 9.90 Å². The minimum Gasteiger partial charge on any atom is -0.478 e. The minimum atomic E-state index is -1.58. The summed E-state index contributed by atoms with van der Waals surface area (Å²) in [5.74, 6) is -0.724. The Bertz CT molecular complexity index is 297. The van der Waals surface area contributed by atoms with Crippen molar-refractivity contribution >= 4 is 14.0 Å². The van der Waals surface area contributed by atoms with Gasteiger partial charge >= 0.3 is 5.97 Å². The molecule has 0 atom stereocenters. The van der Waals surface area contributed by atoms with Gasteiger partial charge in [0.1, 0.15) is 0 Å². The molecule has 0 unspecified atom stereocenters. The summed E-state index contributed by atoms with van der Waals surface area (Å²) in [4.78, 5) is 11.3. The van der Waals surface area contributed by atoms with Gasteiger partial charge in [0, 0.05) is 5.57 Å². The second-order valence-corrected chi connectivity index (χ2v) is 11.4. The van der Waals surface area contributed by atoms with E-state index in [1.807, 2.05) is 0 Å². The number of carboxylic acids is 1. The lowest BCUT2D eigenvalue weighted by molar-refractivity contribution is -0.132. The average Bonchev–Trinajstić information content (AvgIpc) is 2.48. The zero-order chi connectivity index (χ0) is 16.8. The Morgan fingerprint density at radius 2 is 1.18 bits per heavy atom. The van der Waals surface area contributed by atoms with Crippen LogP contribution in [0.15, 0.2) is 11.3 Å². The molecule has 0 aliphatic carbocycles.